The van der Waals surface area contributed by atoms with Gasteiger partial charge in [0.05, 0.1) is 4.92 Å². The number of hydrogen-bond donors (Lipinski definition) is 1. The summed E-state index contributed by atoms with van der Waals surface area (Å²) in [5.74, 6) is 1.88. The number of carbonyl (C=O) groups is 1. The molecule has 0 saturated heterocycles. The second-order valence-corrected chi connectivity index (χ2v) is 11.2. The van der Waals surface area contributed by atoms with Crippen molar-refractivity contribution in [2.24, 2.45) is 23.2 Å². The summed E-state index contributed by atoms with van der Waals surface area (Å²) in [5.41, 5.74) is 2.15. The third-order valence-corrected chi connectivity index (χ3v) is 9.03. The van der Waals surface area contributed by atoms with Gasteiger partial charge in [0.15, 0.2) is 5.75 Å². The molecule has 0 heterocycles. The predicted octanol–water partition coefficient (Wildman–Crippen LogP) is 5.81. The molecule has 0 aromatic heterocycles. The molecule has 32 heavy (non-hydrogen) atoms. The van der Waals surface area contributed by atoms with Gasteiger partial charge in [-0.15, -0.1) is 0 Å². The number of aryl methyl sites for hydroxylation is 1. The van der Waals surface area contributed by atoms with Crippen LogP contribution in [0.1, 0.15) is 90.2 Å². The number of aromatic hydroxyl groups is 1. The highest BCUT2D eigenvalue weighted by molar-refractivity contribution is 5.77. The van der Waals surface area contributed by atoms with Crippen molar-refractivity contribution >= 4 is 11.6 Å². The van der Waals surface area contributed by atoms with E-state index in [0.717, 1.165) is 49.7 Å². The number of fused-ring (bicyclic) bond motifs is 5. The lowest BCUT2D eigenvalue weighted by Gasteiger charge is -2.51. The molecular weight excluding hydrogens is 404 g/mol. The van der Waals surface area contributed by atoms with E-state index in [0.29, 0.717) is 30.1 Å². The quantitative estimate of drug-likeness (QED) is 0.461. The topological polar surface area (TPSA) is 83.7 Å². The Hall–Kier alpha value is -2.11. The van der Waals surface area contributed by atoms with Crippen molar-refractivity contribution < 1.29 is 14.8 Å². The summed E-state index contributed by atoms with van der Waals surface area (Å²) in [7, 11) is 0. The number of hydrogen-bond acceptors (Lipinski definition) is 4. The summed E-state index contributed by atoms with van der Waals surface area (Å²) in [4.78, 5) is 26.2. The van der Waals surface area contributed by atoms with Crippen LogP contribution < -0.4 is 0 Å². The lowest BCUT2D eigenvalue weighted by molar-refractivity contribution is -0.386. The number of nitrogens with zero attached hydrogens (tertiary/aromatic N) is 2. The molecule has 0 spiro atoms. The monoisotopic (exact) mass is 442 g/mol. The van der Waals surface area contributed by atoms with E-state index in [1.54, 1.807) is 12.1 Å². The number of benzene rings is 1. The molecule has 3 aliphatic carbocycles. The fourth-order valence-corrected chi connectivity index (χ4v) is 7.68. The van der Waals surface area contributed by atoms with Gasteiger partial charge in [-0.05, 0) is 112 Å². The minimum absolute atomic E-state index is 0.164. The summed E-state index contributed by atoms with van der Waals surface area (Å²) in [6.45, 7) is 10.8. The molecular formula is C26H38N2O4. The van der Waals surface area contributed by atoms with Gasteiger partial charge < -0.3 is 10.0 Å². The fraction of sp³-hybridized carbons (Fsp3) is 0.731. The van der Waals surface area contributed by atoms with Crippen molar-refractivity contribution in [3.63, 3.8) is 0 Å². The summed E-state index contributed by atoms with van der Waals surface area (Å²) < 4.78 is 0. The van der Waals surface area contributed by atoms with Crippen LogP contribution in [0, 0.1) is 33.3 Å². The first-order valence-electron chi connectivity index (χ1n) is 12.4. The van der Waals surface area contributed by atoms with Gasteiger partial charge in [0.2, 0.25) is 5.91 Å². The molecule has 6 heteroatoms. The van der Waals surface area contributed by atoms with Crippen molar-refractivity contribution in [1.82, 2.24) is 4.90 Å². The van der Waals surface area contributed by atoms with Crippen LogP contribution in [-0.2, 0) is 11.2 Å². The molecule has 3 aliphatic rings. The molecule has 4 rings (SSSR count). The molecule has 0 bridgehead atoms. The van der Waals surface area contributed by atoms with E-state index in [9.17, 15) is 20.0 Å². The molecule has 6 nitrogen and oxygen atoms in total. The molecule has 5 atom stereocenters. The zero-order valence-electron chi connectivity index (χ0n) is 20.1. The normalized spacial score (nSPS) is 31.2. The number of amides is 1. The van der Waals surface area contributed by atoms with E-state index in [1.165, 1.54) is 0 Å². The molecule has 1 aromatic carbocycles. The second-order valence-electron chi connectivity index (χ2n) is 11.2. The zero-order chi connectivity index (χ0) is 23.4. The van der Waals surface area contributed by atoms with Crippen LogP contribution in [0.15, 0.2) is 12.1 Å². The van der Waals surface area contributed by atoms with Gasteiger partial charge in [0, 0.05) is 24.6 Å². The molecule has 1 N–H and O–H groups in total. The van der Waals surface area contributed by atoms with Gasteiger partial charge in [0.25, 0.3) is 0 Å². The molecule has 0 aliphatic heterocycles. The van der Waals surface area contributed by atoms with Crippen molar-refractivity contribution in [2.45, 2.75) is 97.6 Å². The zero-order valence-corrected chi connectivity index (χ0v) is 20.1. The molecule has 2 fully saturated rings. The van der Waals surface area contributed by atoms with Crippen molar-refractivity contribution in [2.75, 3.05) is 0 Å². The fourth-order valence-electron chi connectivity index (χ4n) is 7.68. The molecule has 0 radical (unpaired) electrons. The van der Waals surface area contributed by atoms with Crippen LogP contribution in [-0.4, -0.2) is 32.9 Å². The summed E-state index contributed by atoms with van der Waals surface area (Å²) >= 11 is 0. The summed E-state index contributed by atoms with van der Waals surface area (Å²) in [5, 5.41) is 21.5. The first-order valence-corrected chi connectivity index (χ1v) is 12.4. The highest BCUT2D eigenvalue weighted by Crippen LogP contribution is 2.64. The maximum atomic E-state index is 13.2. The highest BCUT2D eigenvalue weighted by Gasteiger charge is 2.55. The SMILES string of the molecule is CC(C)N(C(=O)C[C@H]1CC[C@H]2[C@@H]3CCc4cc(O)c([N+](=O)[O-])cc4[C@H]3CC[C@]12C)C(C)C. The highest BCUT2D eigenvalue weighted by atomic mass is 16.6. The van der Waals surface area contributed by atoms with Crippen molar-refractivity contribution in [1.29, 1.82) is 0 Å². The van der Waals surface area contributed by atoms with Crippen molar-refractivity contribution in [3.05, 3.63) is 33.4 Å². The lowest BCUT2D eigenvalue weighted by Crippen LogP contribution is -2.46. The third kappa shape index (κ3) is 3.69. The summed E-state index contributed by atoms with van der Waals surface area (Å²) in [6, 6.07) is 3.69. The van der Waals surface area contributed by atoms with Crippen LogP contribution >= 0.6 is 0 Å². The van der Waals surface area contributed by atoms with E-state index >= 15 is 0 Å². The molecule has 1 aromatic rings. The van der Waals surface area contributed by atoms with E-state index in [4.69, 9.17) is 0 Å². The van der Waals surface area contributed by atoms with E-state index in [2.05, 4.69) is 34.6 Å². The van der Waals surface area contributed by atoms with Gasteiger partial charge in [0.1, 0.15) is 0 Å². The van der Waals surface area contributed by atoms with E-state index in [1.807, 2.05) is 4.90 Å². The maximum absolute atomic E-state index is 13.2. The number of nitro groups is 1. The molecule has 1 amide bonds. The minimum atomic E-state index is -0.474. The number of nitro benzene ring substituents is 1. The van der Waals surface area contributed by atoms with Gasteiger partial charge in [-0.1, -0.05) is 6.92 Å². The van der Waals surface area contributed by atoms with Crippen LogP contribution in [0.4, 0.5) is 5.69 Å². The van der Waals surface area contributed by atoms with E-state index in [-0.39, 0.29) is 34.8 Å². The smallest absolute Gasteiger partial charge is 0.310 e. The Balaban J connectivity index is 1.56. The van der Waals surface area contributed by atoms with Crippen LogP contribution in [0.3, 0.4) is 0 Å². The van der Waals surface area contributed by atoms with Gasteiger partial charge >= 0.3 is 5.69 Å². The standard InChI is InChI=1S/C26H38N2O4/c1-15(2)27(16(3)4)25(30)13-18-7-9-22-20-8-6-17-12-24(29)23(28(31)32)14-21(17)19(20)10-11-26(18,22)5/h12,14-16,18-20,22,29H,6-11,13H2,1-5H3/t18-,19+,20-,22+,26-/m1/s1. The average molecular weight is 443 g/mol. The average Bonchev–Trinajstić information content (AvgIpc) is 3.02. The van der Waals surface area contributed by atoms with Crippen molar-refractivity contribution in [3.8, 4) is 5.75 Å². The number of phenols is 1. The number of rotatable bonds is 5. The largest absolute Gasteiger partial charge is 0.502 e. The number of carbonyl (C=O) groups excluding carboxylic acids is 1. The van der Waals surface area contributed by atoms with Gasteiger partial charge in [-0.25, -0.2) is 0 Å². The molecule has 0 unspecified atom stereocenters. The molecule has 176 valence electrons. The van der Waals surface area contributed by atoms with Gasteiger partial charge in [-0.3, -0.25) is 14.9 Å². The Bertz CT molecular complexity index is 903. The molecule has 2 saturated carbocycles. The third-order valence-electron chi connectivity index (χ3n) is 9.03. The predicted molar refractivity (Wildman–Crippen MR) is 125 cm³/mol. The first-order chi connectivity index (χ1) is 15.0. The van der Waals surface area contributed by atoms with Gasteiger partial charge in [-0.2, -0.15) is 0 Å². The Morgan fingerprint density at radius 3 is 2.50 bits per heavy atom. The van der Waals surface area contributed by atoms with Crippen LogP contribution in [0.5, 0.6) is 5.75 Å². The Kier molecular flexibility index (Phi) is 6.01. The maximum Gasteiger partial charge on any atom is 0.310 e. The summed E-state index contributed by atoms with van der Waals surface area (Å²) in [6.07, 6.45) is 6.89. The Morgan fingerprint density at radius 2 is 1.88 bits per heavy atom. The number of phenolic OH excluding ortho intramolecular Hbond substituents is 1. The minimum Gasteiger partial charge on any atom is -0.502 e. The Morgan fingerprint density at radius 1 is 1.19 bits per heavy atom. The lowest BCUT2D eigenvalue weighted by atomic mass is 9.54. The van der Waals surface area contributed by atoms with E-state index < -0.39 is 4.92 Å². The van der Waals surface area contributed by atoms with Crippen LogP contribution in [0.25, 0.3) is 0 Å². The Labute approximate surface area is 191 Å². The second kappa shape index (κ2) is 8.35. The first kappa shape index (κ1) is 23.1. The van der Waals surface area contributed by atoms with Crippen LogP contribution in [0.2, 0.25) is 0 Å².